The lowest BCUT2D eigenvalue weighted by molar-refractivity contribution is 0.281. The predicted molar refractivity (Wildman–Crippen MR) is 77.3 cm³/mol. The molecule has 0 radical (unpaired) electrons. The van der Waals surface area contributed by atoms with Crippen molar-refractivity contribution in [2.75, 3.05) is 12.4 Å². The Hall–Kier alpha value is -1.09. The van der Waals surface area contributed by atoms with Crippen LogP contribution in [0.5, 0.6) is 0 Å². The standard InChI is InChI=1S/C14H20N2S/c1-16(13-10-6-3-7-11-13)14(17)15-12-8-4-2-5-9-12/h2,4-5,8-9,13H,3,6-7,10-11H2,1H3,(H,15,17). The zero-order valence-corrected chi connectivity index (χ0v) is 11.2. The van der Waals surface area contributed by atoms with Crippen molar-refractivity contribution >= 4 is 23.0 Å². The molecule has 1 aromatic rings. The van der Waals surface area contributed by atoms with Crippen LogP contribution in [0.1, 0.15) is 32.1 Å². The summed E-state index contributed by atoms with van der Waals surface area (Å²) in [4.78, 5) is 2.22. The molecule has 0 saturated heterocycles. The number of nitrogens with one attached hydrogen (secondary N) is 1. The van der Waals surface area contributed by atoms with Crippen molar-refractivity contribution in [3.05, 3.63) is 30.3 Å². The minimum atomic E-state index is 0.618. The molecule has 1 fully saturated rings. The SMILES string of the molecule is CN(C(=S)Nc1ccccc1)C1CCCCC1. The molecule has 1 aliphatic rings. The van der Waals surface area contributed by atoms with Gasteiger partial charge in [0.1, 0.15) is 0 Å². The number of anilines is 1. The van der Waals surface area contributed by atoms with Crippen LogP contribution in [0.15, 0.2) is 30.3 Å². The summed E-state index contributed by atoms with van der Waals surface area (Å²) in [5.41, 5.74) is 1.07. The first kappa shape index (κ1) is 12.4. The molecule has 1 saturated carbocycles. The Morgan fingerprint density at radius 2 is 1.82 bits per heavy atom. The van der Waals surface area contributed by atoms with E-state index in [9.17, 15) is 0 Å². The molecule has 1 aliphatic carbocycles. The molecule has 2 nitrogen and oxygen atoms in total. The molecule has 0 bridgehead atoms. The summed E-state index contributed by atoms with van der Waals surface area (Å²) in [6.45, 7) is 0. The summed E-state index contributed by atoms with van der Waals surface area (Å²) >= 11 is 5.45. The van der Waals surface area contributed by atoms with Crippen molar-refractivity contribution in [1.29, 1.82) is 0 Å². The fourth-order valence-corrected chi connectivity index (χ4v) is 2.63. The summed E-state index contributed by atoms with van der Waals surface area (Å²) in [6, 6.07) is 10.8. The van der Waals surface area contributed by atoms with Gasteiger partial charge in [-0.2, -0.15) is 0 Å². The molecule has 1 aromatic carbocycles. The van der Waals surface area contributed by atoms with E-state index in [2.05, 4.69) is 17.3 Å². The van der Waals surface area contributed by atoms with Gasteiger partial charge in [0.2, 0.25) is 0 Å². The molecule has 0 aromatic heterocycles. The van der Waals surface area contributed by atoms with E-state index >= 15 is 0 Å². The Balaban J connectivity index is 1.90. The normalized spacial score (nSPS) is 16.5. The van der Waals surface area contributed by atoms with Crippen LogP contribution in [0.3, 0.4) is 0 Å². The van der Waals surface area contributed by atoms with Crippen molar-refractivity contribution in [3.8, 4) is 0 Å². The van der Waals surface area contributed by atoms with Crippen molar-refractivity contribution in [2.45, 2.75) is 38.1 Å². The van der Waals surface area contributed by atoms with E-state index in [0.29, 0.717) is 6.04 Å². The van der Waals surface area contributed by atoms with Gasteiger partial charge in [0.05, 0.1) is 0 Å². The minimum Gasteiger partial charge on any atom is -0.349 e. The second-order valence-electron chi connectivity index (χ2n) is 4.70. The third-order valence-corrected chi connectivity index (χ3v) is 3.86. The fourth-order valence-electron chi connectivity index (χ4n) is 2.37. The highest BCUT2D eigenvalue weighted by Crippen LogP contribution is 2.22. The number of benzene rings is 1. The first-order chi connectivity index (χ1) is 8.27. The monoisotopic (exact) mass is 248 g/mol. The van der Waals surface area contributed by atoms with Gasteiger partial charge in [0.15, 0.2) is 5.11 Å². The molecule has 0 amide bonds. The lowest BCUT2D eigenvalue weighted by Gasteiger charge is -2.33. The zero-order chi connectivity index (χ0) is 12.1. The highest BCUT2D eigenvalue weighted by molar-refractivity contribution is 7.80. The van der Waals surface area contributed by atoms with Gasteiger partial charge < -0.3 is 10.2 Å². The van der Waals surface area contributed by atoms with Crippen molar-refractivity contribution in [2.24, 2.45) is 0 Å². The van der Waals surface area contributed by atoms with Gasteiger partial charge in [-0.25, -0.2) is 0 Å². The second kappa shape index (κ2) is 6.01. The maximum absolute atomic E-state index is 5.45. The van der Waals surface area contributed by atoms with Crippen molar-refractivity contribution < 1.29 is 0 Å². The maximum Gasteiger partial charge on any atom is 0.173 e. The lowest BCUT2D eigenvalue weighted by Crippen LogP contribution is -2.40. The van der Waals surface area contributed by atoms with Gasteiger partial charge in [-0.1, -0.05) is 37.5 Å². The van der Waals surface area contributed by atoms with E-state index in [4.69, 9.17) is 12.2 Å². The average Bonchev–Trinajstić information content (AvgIpc) is 2.40. The number of thiocarbonyl (C=S) groups is 1. The van der Waals surface area contributed by atoms with Crippen LogP contribution in [-0.4, -0.2) is 23.1 Å². The quantitative estimate of drug-likeness (QED) is 0.804. The largest absolute Gasteiger partial charge is 0.349 e. The van der Waals surface area contributed by atoms with Crippen molar-refractivity contribution in [1.82, 2.24) is 4.90 Å². The van der Waals surface area contributed by atoms with Gasteiger partial charge in [0, 0.05) is 18.8 Å². The van der Waals surface area contributed by atoms with E-state index in [0.717, 1.165) is 10.8 Å². The lowest BCUT2D eigenvalue weighted by atomic mass is 9.95. The predicted octanol–water partition coefficient (Wildman–Crippen LogP) is 3.65. The molecular formula is C14H20N2S. The molecule has 0 heterocycles. The van der Waals surface area contributed by atoms with Gasteiger partial charge in [-0.15, -0.1) is 0 Å². The molecule has 1 N–H and O–H groups in total. The van der Waals surface area contributed by atoms with Crippen LogP contribution < -0.4 is 5.32 Å². The Bertz CT molecular complexity index is 358. The Morgan fingerprint density at radius 3 is 2.47 bits per heavy atom. The number of hydrogen-bond acceptors (Lipinski definition) is 1. The molecular weight excluding hydrogens is 228 g/mol. The average molecular weight is 248 g/mol. The van der Waals surface area contributed by atoms with Gasteiger partial charge in [-0.05, 0) is 37.2 Å². The van der Waals surface area contributed by atoms with E-state index in [-0.39, 0.29) is 0 Å². The van der Waals surface area contributed by atoms with E-state index in [1.807, 2.05) is 30.3 Å². The van der Waals surface area contributed by atoms with Gasteiger partial charge in [0.25, 0.3) is 0 Å². The number of rotatable bonds is 2. The summed E-state index contributed by atoms with van der Waals surface area (Å²) in [6.07, 6.45) is 6.59. The highest BCUT2D eigenvalue weighted by atomic mass is 32.1. The van der Waals surface area contributed by atoms with Crippen LogP contribution in [0, 0.1) is 0 Å². The van der Waals surface area contributed by atoms with Crippen LogP contribution in [0.25, 0.3) is 0 Å². The number of hydrogen-bond donors (Lipinski definition) is 1. The zero-order valence-electron chi connectivity index (χ0n) is 10.4. The summed E-state index contributed by atoms with van der Waals surface area (Å²) in [5, 5.41) is 4.13. The van der Waals surface area contributed by atoms with E-state index in [1.54, 1.807) is 0 Å². The fraction of sp³-hybridized carbons (Fsp3) is 0.500. The Kier molecular flexibility index (Phi) is 4.37. The first-order valence-corrected chi connectivity index (χ1v) is 6.77. The molecule has 0 aliphatic heterocycles. The Morgan fingerprint density at radius 1 is 1.18 bits per heavy atom. The molecule has 2 rings (SSSR count). The molecule has 92 valence electrons. The molecule has 17 heavy (non-hydrogen) atoms. The minimum absolute atomic E-state index is 0.618. The van der Waals surface area contributed by atoms with Gasteiger partial charge in [-0.3, -0.25) is 0 Å². The van der Waals surface area contributed by atoms with Crippen molar-refractivity contribution in [3.63, 3.8) is 0 Å². The van der Waals surface area contributed by atoms with E-state index < -0.39 is 0 Å². The number of para-hydroxylation sites is 1. The third-order valence-electron chi connectivity index (χ3n) is 3.47. The Labute approximate surface area is 109 Å². The molecule has 0 unspecified atom stereocenters. The van der Waals surface area contributed by atoms with Crippen LogP contribution >= 0.6 is 12.2 Å². The maximum atomic E-state index is 5.45. The van der Waals surface area contributed by atoms with E-state index in [1.165, 1.54) is 32.1 Å². The van der Waals surface area contributed by atoms with Crippen LogP contribution in [-0.2, 0) is 0 Å². The second-order valence-corrected chi connectivity index (χ2v) is 5.09. The summed E-state index contributed by atoms with van der Waals surface area (Å²) in [7, 11) is 2.11. The van der Waals surface area contributed by atoms with Gasteiger partial charge >= 0.3 is 0 Å². The highest BCUT2D eigenvalue weighted by Gasteiger charge is 2.19. The summed E-state index contributed by atoms with van der Waals surface area (Å²) in [5.74, 6) is 0. The van der Waals surface area contributed by atoms with Crippen LogP contribution in [0.2, 0.25) is 0 Å². The van der Waals surface area contributed by atoms with Crippen LogP contribution in [0.4, 0.5) is 5.69 Å². The smallest absolute Gasteiger partial charge is 0.173 e. The molecule has 0 spiro atoms. The first-order valence-electron chi connectivity index (χ1n) is 6.36. The number of nitrogens with zero attached hydrogens (tertiary/aromatic N) is 1. The third kappa shape index (κ3) is 3.43. The molecule has 0 atom stereocenters. The summed E-state index contributed by atoms with van der Waals surface area (Å²) < 4.78 is 0. The molecule has 3 heteroatoms. The topological polar surface area (TPSA) is 15.3 Å².